The second-order valence-electron chi connectivity index (χ2n) is 5.09. The molecule has 2 aromatic carbocycles. The third-order valence-electron chi connectivity index (χ3n) is 3.46. The zero-order chi connectivity index (χ0) is 17.8. The number of hydrogen-bond acceptors (Lipinski definition) is 6. The lowest BCUT2D eigenvalue weighted by Gasteiger charge is -2.10. The van der Waals surface area contributed by atoms with Gasteiger partial charge < -0.3 is 10.5 Å². The molecule has 126 valence electrons. The van der Waals surface area contributed by atoms with E-state index in [-0.39, 0.29) is 18.0 Å². The first-order valence-corrected chi connectivity index (χ1v) is 7.22. The van der Waals surface area contributed by atoms with Gasteiger partial charge in [-0.25, -0.2) is 0 Å². The fourth-order valence-corrected chi connectivity index (χ4v) is 2.25. The van der Waals surface area contributed by atoms with Gasteiger partial charge in [-0.15, -0.1) is 0 Å². The van der Waals surface area contributed by atoms with Gasteiger partial charge in [0.25, 0.3) is 11.6 Å². The molecule has 0 radical (unpaired) electrons. The van der Waals surface area contributed by atoms with Crippen LogP contribution in [0.1, 0.15) is 16.1 Å². The van der Waals surface area contributed by atoms with Crippen LogP contribution < -0.4 is 10.5 Å². The highest BCUT2D eigenvalue weighted by atomic mass is 16.6. The van der Waals surface area contributed by atoms with Crippen LogP contribution in [0.25, 0.3) is 11.3 Å². The van der Waals surface area contributed by atoms with Gasteiger partial charge in [0.05, 0.1) is 4.92 Å². The van der Waals surface area contributed by atoms with Gasteiger partial charge in [-0.3, -0.25) is 14.9 Å². The molecule has 1 amide bonds. The van der Waals surface area contributed by atoms with Crippen molar-refractivity contribution in [2.75, 3.05) is 0 Å². The number of H-pyrrole nitrogens is 1. The van der Waals surface area contributed by atoms with Crippen molar-refractivity contribution < 1.29 is 14.5 Å². The summed E-state index contributed by atoms with van der Waals surface area (Å²) in [5, 5.41) is 20.8. The van der Waals surface area contributed by atoms with Gasteiger partial charge in [0.1, 0.15) is 18.1 Å². The number of nitrogens with one attached hydrogen (secondary N) is 1. The Morgan fingerprint density at radius 2 is 1.88 bits per heavy atom. The molecule has 25 heavy (non-hydrogen) atoms. The van der Waals surface area contributed by atoms with E-state index in [4.69, 9.17) is 10.5 Å². The fraction of sp³-hybridized carbons (Fsp3) is 0.0625. The predicted octanol–water partition coefficient (Wildman–Crippen LogP) is 2.06. The zero-order valence-corrected chi connectivity index (χ0v) is 12.9. The summed E-state index contributed by atoms with van der Waals surface area (Å²) in [6, 6.07) is 13.1. The molecular weight excluding hydrogens is 326 g/mol. The summed E-state index contributed by atoms with van der Waals surface area (Å²) in [7, 11) is 0. The minimum atomic E-state index is -0.700. The zero-order valence-electron chi connectivity index (χ0n) is 12.9. The van der Waals surface area contributed by atoms with E-state index in [9.17, 15) is 14.9 Å². The van der Waals surface area contributed by atoms with Crippen molar-refractivity contribution >= 4 is 11.6 Å². The van der Waals surface area contributed by atoms with Crippen LogP contribution in [-0.2, 0) is 6.61 Å². The summed E-state index contributed by atoms with van der Waals surface area (Å²) < 4.78 is 5.78. The van der Waals surface area contributed by atoms with Crippen LogP contribution in [0.4, 0.5) is 5.69 Å². The number of nitrogens with zero attached hydrogens (tertiary/aromatic N) is 3. The number of aromatic amines is 1. The quantitative estimate of drug-likeness (QED) is 0.521. The fourth-order valence-electron chi connectivity index (χ4n) is 2.25. The number of benzene rings is 2. The molecule has 0 spiro atoms. The molecule has 3 N–H and O–H groups in total. The summed E-state index contributed by atoms with van der Waals surface area (Å²) in [6.45, 7) is 0.193. The number of carbonyl (C=O) groups is 1. The normalized spacial score (nSPS) is 10.4. The number of carbonyl (C=O) groups excluding carboxylic acids is 1. The summed E-state index contributed by atoms with van der Waals surface area (Å²) in [4.78, 5) is 21.7. The predicted molar refractivity (Wildman–Crippen MR) is 87.8 cm³/mol. The number of rotatable bonds is 6. The largest absolute Gasteiger partial charge is 0.488 e. The number of amides is 1. The summed E-state index contributed by atoms with van der Waals surface area (Å²) in [6.07, 6.45) is 0. The van der Waals surface area contributed by atoms with Gasteiger partial charge in [-0.1, -0.05) is 12.1 Å². The second-order valence-corrected chi connectivity index (χ2v) is 5.09. The second kappa shape index (κ2) is 6.79. The number of non-ortho nitro benzene ring substituents is 1. The Kier molecular flexibility index (Phi) is 4.38. The average molecular weight is 339 g/mol. The minimum Gasteiger partial charge on any atom is -0.488 e. The van der Waals surface area contributed by atoms with Crippen molar-refractivity contribution in [3.63, 3.8) is 0 Å². The third kappa shape index (κ3) is 3.44. The molecule has 0 saturated heterocycles. The van der Waals surface area contributed by atoms with Crippen LogP contribution in [0.2, 0.25) is 0 Å². The lowest BCUT2D eigenvalue weighted by atomic mass is 10.1. The highest BCUT2D eigenvalue weighted by Gasteiger charge is 2.18. The number of para-hydroxylation sites is 1. The highest BCUT2D eigenvalue weighted by molar-refractivity contribution is 5.97. The standard InChI is InChI=1S/C16H13N5O4/c17-16(22)15-14(18-20-19-15)12-3-1-2-4-13(12)25-9-10-5-7-11(8-6-10)21(23)24/h1-8H,9H2,(H2,17,22)(H,18,19,20). The SMILES string of the molecule is NC(=O)c1n[nH]nc1-c1ccccc1OCc1ccc([N+](=O)[O-])cc1. The van der Waals surface area contributed by atoms with Crippen molar-refractivity contribution in [3.8, 4) is 17.0 Å². The van der Waals surface area contributed by atoms with Gasteiger partial charge in [0, 0.05) is 17.7 Å². The first kappa shape index (κ1) is 16.1. The number of nitro benzene ring substituents is 1. The molecule has 1 aromatic heterocycles. The lowest BCUT2D eigenvalue weighted by molar-refractivity contribution is -0.384. The first-order valence-electron chi connectivity index (χ1n) is 7.22. The molecule has 9 nitrogen and oxygen atoms in total. The number of hydrogen-bond donors (Lipinski definition) is 2. The molecule has 1 heterocycles. The molecule has 0 saturated carbocycles. The maximum atomic E-state index is 11.4. The number of nitrogens with two attached hydrogens (primary N) is 1. The maximum absolute atomic E-state index is 11.4. The van der Waals surface area contributed by atoms with Crippen LogP contribution in [-0.4, -0.2) is 26.2 Å². The van der Waals surface area contributed by atoms with E-state index in [0.717, 1.165) is 5.56 Å². The number of aromatic nitrogens is 3. The van der Waals surface area contributed by atoms with Gasteiger partial charge in [-0.05, 0) is 29.8 Å². The molecule has 0 aliphatic carbocycles. The van der Waals surface area contributed by atoms with Gasteiger partial charge in [-0.2, -0.15) is 15.4 Å². The highest BCUT2D eigenvalue weighted by Crippen LogP contribution is 2.30. The summed E-state index contributed by atoms with van der Waals surface area (Å²) in [5.74, 6) is -0.217. The van der Waals surface area contributed by atoms with Crippen molar-refractivity contribution in [2.45, 2.75) is 6.61 Å². The summed E-state index contributed by atoms with van der Waals surface area (Å²) >= 11 is 0. The molecule has 0 atom stereocenters. The van der Waals surface area contributed by atoms with Crippen LogP contribution in [0.15, 0.2) is 48.5 Å². The Morgan fingerprint density at radius 1 is 1.16 bits per heavy atom. The van der Waals surface area contributed by atoms with Crippen molar-refractivity contribution in [1.29, 1.82) is 0 Å². The van der Waals surface area contributed by atoms with Crippen LogP contribution in [0, 0.1) is 10.1 Å². The molecule has 3 aromatic rings. The molecule has 0 aliphatic rings. The minimum absolute atomic E-state index is 0.0119. The number of nitro groups is 1. The van der Waals surface area contributed by atoms with E-state index in [2.05, 4.69) is 15.4 Å². The monoisotopic (exact) mass is 339 g/mol. The van der Waals surface area contributed by atoms with Gasteiger partial charge in [0.2, 0.25) is 0 Å². The molecular formula is C16H13N5O4. The topological polar surface area (TPSA) is 137 Å². The average Bonchev–Trinajstić information content (AvgIpc) is 3.10. The molecule has 0 bridgehead atoms. The maximum Gasteiger partial charge on any atom is 0.271 e. The van der Waals surface area contributed by atoms with Crippen LogP contribution in [0.3, 0.4) is 0 Å². The number of ether oxygens (including phenoxy) is 1. The number of primary amides is 1. The van der Waals surface area contributed by atoms with E-state index >= 15 is 0 Å². The van der Waals surface area contributed by atoms with Crippen LogP contribution >= 0.6 is 0 Å². The molecule has 0 unspecified atom stereocenters. The lowest BCUT2D eigenvalue weighted by Crippen LogP contribution is -2.13. The summed E-state index contributed by atoms with van der Waals surface area (Å²) in [5.41, 5.74) is 6.94. The van der Waals surface area contributed by atoms with E-state index in [0.29, 0.717) is 17.0 Å². The Bertz CT molecular complexity index is 920. The first-order chi connectivity index (χ1) is 12.1. The molecule has 0 fully saturated rings. The van der Waals surface area contributed by atoms with Crippen molar-refractivity contribution in [2.24, 2.45) is 5.73 Å². The Labute approximate surface area is 141 Å². The van der Waals surface area contributed by atoms with Gasteiger partial charge in [0.15, 0.2) is 5.69 Å². The molecule has 9 heteroatoms. The van der Waals surface area contributed by atoms with E-state index in [1.165, 1.54) is 12.1 Å². The Hall–Kier alpha value is -3.75. The molecule has 0 aliphatic heterocycles. The molecule has 3 rings (SSSR count). The van der Waals surface area contributed by atoms with E-state index < -0.39 is 10.8 Å². The van der Waals surface area contributed by atoms with Crippen molar-refractivity contribution in [3.05, 3.63) is 69.9 Å². The Morgan fingerprint density at radius 3 is 2.56 bits per heavy atom. The van der Waals surface area contributed by atoms with E-state index in [1.54, 1.807) is 36.4 Å². The Balaban J connectivity index is 1.83. The van der Waals surface area contributed by atoms with E-state index in [1.807, 2.05) is 0 Å². The third-order valence-corrected chi connectivity index (χ3v) is 3.46. The van der Waals surface area contributed by atoms with Crippen molar-refractivity contribution in [1.82, 2.24) is 15.4 Å². The van der Waals surface area contributed by atoms with Gasteiger partial charge >= 0.3 is 0 Å². The smallest absolute Gasteiger partial charge is 0.271 e. The van der Waals surface area contributed by atoms with Crippen LogP contribution in [0.5, 0.6) is 5.75 Å².